The fraction of sp³-hybridized carbons (Fsp3) is 0.130. The molecule has 1 N–H and O–H groups in total. The summed E-state index contributed by atoms with van der Waals surface area (Å²) in [5.41, 5.74) is 3.20. The first kappa shape index (κ1) is 25.4. The van der Waals surface area contributed by atoms with Gasteiger partial charge < -0.3 is 13.7 Å². The first-order valence-electron chi connectivity index (χ1n) is 9.87. The molecule has 11 heteroatoms. The van der Waals surface area contributed by atoms with Crippen molar-refractivity contribution in [1.29, 1.82) is 0 Å². The van der Waals surface area contributed by atoms with E-state index in [1.807, 2.05) is 0 Å². The van der Waals surface area contributed by atoms with E-state index in [0.29, 0.717) is 16.3 Å². The Balaban J connectivity index is 1.75. The van der Waals surface area contributed by atoms with Crippen LogP contribution in [0.1, 0.15) is 22.8 Å². The molecule has 0 bridgehead atoms. The topological polar surface area (TPSA) is 103 Å². The summed E-state index contributed by atoms with van der Waals surface area (Å²) < 4.78 is 41.2. The summed E-state index contributed by atoms with van der Waals surface area (Å²) in [7, 11) is -2.62. The number of nitrogens with one attached hydrogen (secondary N) is 1. The van der Waals surface area contributed by atoms with Crippen molar-refractivity contribution < 1.29 is 26.9 Å². The van der Waals surface area contributed by atoms with E-state index in [-0.39, 0.29) is 33.6 Å². The van der Waals surface area contributed by atoms with Crippen LogP contribution >= 0.6 is 23.2 Å². The minimum absolute atomic E-state index is 0.00894. The van der Waals surface area contributed by atoms with E-state index in [9.17, 15) is 13.2 Å². The summed E-state index contributed by atoms with van der Waals surface area (Å²) in [5, 5.41) is 4.50. The molecule has 8 nitrogen and oxygen atoms in total. The number of halogens is 2. The maximum Gasteiger partial charge on any atom is 0.339 e. The summed E-state index contributed by atoms with van der Waals surface area (Å²) in [6.07, 6.45) is 1.37. The molecular formula is C23H20Cl2N2O6S. The second kappa shape index (κ2) is 11.2. The zero-order chi connectivity index (χ0) is 24.7. The maximum absolute atomic E-state index is 12.7. The van der Waals surface area contributed by atoms with Crippen LogP contribution in [0, 0.1) is 0 Å². The third kappa shape index (κ3) is 6.40. The Bertz CT molecular complexity index is 1310. The lowest BCUT2D eigenvalue weighted by molar-refractivity contribution is 0.0955. The van der Waals surface area contributed by atoms with Crippen LogP contribution in [0.15, 0.2) is 70.7 Å². The number of amides is 1. The van der Waals surface area contributed by atoms with Gasteiger partial charge in [0.15, 0.2) is 11.5 Å². The molecule has 3 aromatic rings. The molecule has 1 amide bonds. The SMILES string of the molecule is CCOc1cc(/C=N\NC(=O)c2ccc(Cl)c(Cl)c2)ccc1OS(=O)(=O)c1ccc(OC)cc1. The van der Waals surface area contributed by atoms with Gasteiger partial charge in [0.25, 0.3) is 5.91 Å². The average molecular weight is 523 g/mol. The lowest BCUT2D eigenvalue weighted by Crippen LogP contribution is -2.17. The number of hydrogen-bond donors (Lipinski definition) is 1. The summed E-state index contributed by atoms with van der Waals surface area (Å²) in [6, 6.07) is 14.8. The zero-order valence-corrected chi connectivity index (χ0v) is 20.4. The number of ether oxygens (including phenoxy) is 2. The molecule has 0 aliphatic carbocycles. The number of benzene rings is 3. The Labute approximate surface area is 207 Å². The van der Waals surface area contributed by atoms with Crippen LogP contribution < -0.4 is 19.1 Å². The third-order valence-electron chi connectivity index (χ3n) is 4.38. The van der Waals surface area contributed by atoms with E-state index < -0.39 is 16.0 Å². The number of methoxy groups -OCH3 is 1. The van der Waals surface area contributed by atoms with E-state index in [1.165, 1.54) is 67.9 Å². The van der Waals surface area contributed by atoms with Gasteiger partial charge in [-0.15, -0.1) is 0 Å². The number of carbonyl (C=O) groups is 1. The van der Waals surface area contributed by atoms with Crippen LogP contribution in [-0.4, -0.2) is 34.3 Å². The van der Waals surface area contributed by atoms with Crippen molar-refractivity contribution >= 4 is 45.4 Å². The van der Waals surface area contributed by atoms with Gasteiger partial charge in [0.05, 0.1) is 30.0 Å². The average Bonchev–Trinajstić information content (AvgIpc) is 2.82. The van der Waals surface area contributed by atoms with Crippen molar-refractivity contribution in [2.45, 2.75) is 11.8 Å². The molecular weight excluding hydrogens is 503 g/mol. The van der Waals surface area contributed by atoms with Gasteiger partial charge in [-0.05, 0) is 73.2 Å². The molecule has 0 unspecified atom stereocenters. The largest absolute Gasteiger partial charge is 0.497 e. The Morgan fingerprint density at radius 1 is 1.00 bits per heavy atom. The second-order valence-corrected chi connectivity index (χ2v) is 9.04. The zero-order valence-electron chi connectivity index (χ0n) is 18.1. The Kier molecular flexibility index (Phi) is 8.38. The number of rotatable bonds is 9. The van der Waals surface area contributed by atoms with Gasteiger partial charge in [0.2, 0.25) is 0 Å². The quantitative estimate of drug-likeness (QED) is 0.242. The molecule has 0 fully saturated rings. The highest BCUT2D eigenvalue weighted by Gasteiger charge is 2.19. The molecule has 3 rings (SSSR count). The number of carbonyl (C=O) groups excluding carboxylic acids is 1. The van der Waals surface area contributed by atoms with E-state index >= 15 is 0 Å². The molecule has 0 aromatic heterocycles. The molecule has 0 atom stereocenters. The smallest absolute Gasteiger partial charge is 0.339 e. The lowest BCUT2D eigenvalue weighted by Gasteiger charge is -2.12. The summed E-state index contributed by atoms with van der Waals surface area (Å²) in [6.45, 7) is 2.02. The molecule has 0 heterocycles. The van der Waals surface area contributed by atoms with Crippen molar-refractivity contribution in [1.82, 2.24) is 5.43 Å². The van der Waals surface area contributed by atoms with Gasteiger partial charge in [-0.25, -0.2) is 5.43 Å². The monoisotopic (exact) mass is 522 g/mol. The molecule has 0 saturated carbocycles. The standard InChI is InChI=1S/C23H20Cl2N2O6S/c1-3-32-22-12-15(14-26-27-23(28)16-5-10-19(24)20(25)13-16)4-11-21(22)33-34(29,30)18-8-6-17(31-2)7-9-18/h4-14H,3H2,1-2H3,(H,27,28)/b26-14-. The predicted octanol–water partition coefficient (Wildman–Crippen LogP) is 4.93. The molecule has 178 valence electrons. The molecule has 0 aliphatic heterocycles. The highest BCUT2D eigenvalue weighted by molar-refractivity contribution is 7.87. The van der Waals surface area contributed by atoms with Gasteiger partial charge in [0.1, 0.15) is 10.6 Å². The maximum atomic E-state index is 12.7. The summed E-state index contributed by atoms with van der Waals surface area (Å²) in [4.78, 5) is 12.2. The second-order valence-electron chi connectivity index (χ2n) is 6.68. The Morgan fingerprint density at radius 3 is 2.38 bits per heavy atom. The molecule has 0 spiro atoms. The highest BCUT2D eigenvalue weighted by Crippen LogP contribution is 2.31. The van der Waals surface area contributed by atoms with E-state index in [4.69, 9.17) is 36.9 Å². The number of hydrazone groups is 1. The fourth-order valence-electron chi connectivity index (χ4n) is 2.72. The molecule has 0 radical (unpaired) electrons. The predicted molar refractivity (Wildman–Crippen MR) is 130 cm³/mol. The lowest BCUT2D eigenvalue weighted by atomic mass is 10.2. The van der Waals surface area contributed by atoms with Crippen molar-refractivity contribution in [2.24, 2.45) is 5.10 Å². The van der Waals surface area contributed by atoms with Gasteiger partial charge in [-0.1, -0.05) is 23.2 Å². The van der Waals surface area contributed by atoms with Crippen molar-refractivity contribution in [3.05, 3.63) is 81.8 Å². The first-order chi connectivity index (χ1) is 16.2. The number of hydrogen-bond acceptors (Lipinski definition) is 7. The van der Waals surface area contributed by atoms with Crippen LogP contribution in [0.4, 0.5) is 0 Å². The Morgan fingerprint density at radius 2 is 1.74 bits per heavy atom. The van der Waals surface area contributed by atoms with E-state index in [2.05, 4.69) is 10.5 Å². The van der Waals surface area contributed by atoms with E-state index in [0.717, 1.165) is 0 Å². The van der Waals surface area contributed by atoms with Gasteiger partial charge >= 0.3 is 10.1 Å². The summed E-state index contributed by atoms with van der Waals surface area (Å²) in [5.74, 6) is 0.239. The molecule has 0 saturated heterocycles. The van der Waals surface area contributed by atoms with Crippen molar-refractivity contribution in [2.75, 3.05) is 13.7 Å². The fourth-order valence-corrected chi connectivity index (χ4v) is 3.96. The van der Waals surface area contributed by atoms with Crippen LogP contribution in [0.5, 0.6) is 17.2 Å². The van der Waals surface area contributed by atoms with Crippen molar-refractivity contribution in [3.8, 4) is 17.2 Å². The minimum Gasteiger partial charge on any atom is -0.497 e. The van der Waals surface area contributed by atoms with Gasteiger partial charge in [-0.2, -0.15) is 13.5 Å². The van der Waals surface area contributed by atoms with E-state index in [1.54, 1.807) is 13.0 Å². The van der Waals surface area contributed by atoms with Crippen LogP contribution in [0.3, 0.4) is 0 Å². The molecule has 0 aliphatic rings. The molecule has 3 aromatic carbocycles. The van der Waals surface area contributed by atoms with Crippen LogP contribution in [0.2, 0.25) is 10.0 Å². The minimum atomic E-state index is -4.10. The van der Waals surface area contributed by atoms with Gasteiger partial charge in [0, 0.05) is 5.56 Å². The van der Waals surface area contributed by atoms with Gasteiger partial charge in [-0.3, -0.25) is 4.79 Å². The summed E-state index contributed by atoms with van der Waals surface area (Å²) >= 11 is 11.8. The Hall–Kier alpha value is -3.27. The van der Waals surface area contributed by atoms with Crippen LogP contribution in [0.25, 0.3) is 0 Å². The molecule has 34 heavy (non-hydrogen) atoms. The van der Waals surface area contributed by atoms with Crippen LogP contribution in [-0.2, 0) is 10.1 Å². The number of nitrogens with zero attached hydrogens (tertiary/aromatic N) is 1. The first-order valence-corrected chi connectivity index (χ1v) is 12.0. The third-order valence-corrected chi connectivity index (χ3v) is 6.36. The normalized spacial score (nSPS) is 11.3. The van der Waals surface area contributed by atoms with Crippen molar-refractivity contribution in [3.63, 3.8) is 0 Å². The highest BCUT2D eigenvalue weighted by atomic mass is 35.5.